The van der Waals surface area contributed by atoms with E-state index in [4.69, 9.17) is 4.74 Å². The van der Waals surface area contributed by atoms with Crippen LogP contribution in [0.1, 0.15) is 16.2 Å². The predicted molar refractivity (Wildman–Crippen MR) is 111 cm³/mol. The van der Waals surface area contributed by atoms with Crippen LogP contribution in [-0.4, -0.2) is 39.4 Å². The summed E-state index contributed by atoms with van der Waals surface area (Å²) in [6.45, 7) is 0.126. The van der Waals surface area contributed by atoms with E-state index in [0.29, 0.717) is 22.3 Å². The summed E-state index contributed by atoms with van der Waals surface area (Å²) in [5, 5.41) is 13.5. The van der Waals surface area contributed by atoms with E-state index < -0.39 is 17.5 Å². The molecule has 0 atom stereocenters. The number of nitrogens with zero attached hydrogens (tertiary/aromatic N) is 3. The van der Waals surface area contributed by atoms with Crippen LogP contribution in [0.5, 0.6) is 5.75 Å². The first-order valence-corrected chi connectivity index (χ1v) is 10.0. The van der Waals surface area contributed by atoms with Gasteiger partial charge in [-0.3, -0.25) is 9.59 Å². The molecule has 0 aliphatic rings. The van der Waals surface area contributed by atoms with E-state index in [9.17, 15) is 18.4 Å². The number of rotatable bonds is 8. The smallest absolute Gasteiger partial charge is 0.251 e. The number of anilines is 1. The Morgan fingerprint density at radius 3 is 2.74 bits per heavy atom. The molecule has 0 unspecified atom stereocenters. The first-order valence-electron chi connectivity index (χ1n) is 9.05. The van der Waals surface area contributed by atoms with Crippen molar-refractivity contribution < 1.29 is 23.1 Å². The Kier molecular flexibility index (Phi) is 7.19. The average molecular weight is 447 g/mol. The fraction of sp³-hybridized carbons (Fsp3) is 0.200. The molecule has 0 spiro atoms. The van der Waals surface area contributed by atoms with Gasteiger partial charge in [0.2, 0.25) is 5.91 Å². The van der Waals surface area contributed by atoms with Gasteiger partial charge in [-0.15, -0.1) is 10.2 Å². The topological polar surface area (TPSA) is 98.1 Å². The Labute approximate surface area is 181 Å². The second-order valence-electron chi connectivity index (χ2n) is 6.33. The number of methoxy groups -OCH3 is 1. The van der Waals surface area contributed by atoms with Gasteiger partial charge in [0.05, 0.1) is 25.1 Å². The number of hydrogen-bond acceptors (Lipinski definition) is 6. The van der Waals surface area contributed by atoms with Crippen molar-refractivity contribution in [2.24, 2.45) is 7.05 Å². The lowest BCUT2D eigenvalue weighted by Gasteiger charge is -2.08. The number of ether oxygens (including phenoxy) is 1. The molecule has 11 heteroatoms. The van der Waals surface area contributed by atoms with Crippen LogP contribution < -0.4 is 15.4 Å². The van der Waals surface area contributed by atoms with E-state index in [0.717, 1.165) is 30.0 Å². The zero-order valence-corrected chi connectivity index (χ0v) is 17.5. The number of aromatic nitrogens is 3. The van der Waals surface area contributed by atoms with Crippen molar-refractivity contribution in [3.05, 3.63) is 65.5 Å². The van der Waals surface area contributed by atoms with Crippen molar-refractivity contribution in [1.82, 2.24) is 20.1 Å². The van der Waals surface area contributed by atoms with E-state index >= 15 is 0 Å². The molecular formula is C20H19F2N5O3S. The van der Waals surface area contributed by atoms with Crippen molar-refractivity contribution in [2.75, 3.05) is 18.2 Å². The van der Waals surface area contributed by atoms with Crippen LogP contribution in [0.25, 0.3) is 0 Å². The summed E-state index contributed by atoms with van der Waals surface area (Å²) in [6, 6.07) is 9.54. The lowest BCUT2D eigenvalue weighted by molar-refractivity contribution is -0.113. The SMILES string of the molecule is COc1cccc(C(=O)NCc2nnc(SCC(=O)Nc3cc(F)ccc3F)n2C)c1. The van der Waals surface area contributed by atoms with E-state index in [1.165, 1.54) is 7.11 Å². The fourth-order valence-electron chi connectivity index (χ4n) is 2.56. The molecule has 162 valence electrons. The highest BCUT2D eigenvalue weighted by molar-refractivity contribution is 7.99. The second-order valence-corrected chi connectivity index (χ2v) is 7.28. The molecule has 3 rings (SSSR count). The van der Waals surface area contributed by atoms with Gasteiger partial charge in [-0.2, -0.15) is 0 Å². The number of halogens is 2. The number of benzene rings is 2. The molecule has 3 aromatic rings. The molecule has 0 fully saturated rings. The molecule has 0 bridgehead atoms. The van der Waals surface area contributed by atoms with Gasteiger partial charge in [-0.05, 0) is 30.3 Å². The lowest BCUT2D eigenvalue weighted by Crippen LogP contribution is -2.24. The zero-order chi connectivity index (χ0) is 22.4. The summed E-state index contributed by atoms with van der Waals surface area (Å²) in [5.41, 5.74) is 0.210. The highest BCUT2D eigenvalue weighted by atomic mass is 32.2. The summed E-state index contributed by atoms with van der Waals surface area (Å²) >= 11 is 1.07. The van der Waals surface area contributed by atoms with Crippen molar-refractivity contribution in [3.63, 3.8) is 0 Å². The Morgan fingerprint density at radius 1 is 1.16 bits per heavy atom. The lowest BCUT2D eigenvalue weighted by atomic mass is 10.2. The van der Waals surface area contributed by atoms with Crippen LogP contribution in [-0.2, 0) is 18.4 Å². The molecule has 0 aliphatic carbocycles. The van der Waals surface area contributed by atoms with Crippen LogP contribution in [0.3, 0.4) is 0 Å². The standard InChI is InChI=1S/C20H19F2N5O3S/c1-27-17(10-23-19(29)12-4-3-5-14(8-12)30-2)25-26-20(27)31-11-18(28)24-16-9-13(21)6-7-15(16)22/h3-9H,10-11H2,1-2H3,(H,23,29)(H,24,28). The Hall–Kier alpha value is -3.47. The molecule has 2 amide bonds. The van der Waals surface area contributed by atoms with Crippen molar-refractivity contribution in [1.29, 1.82) is 0 Å². The quantitative estimate of drug-likeness (QED) is 0.516. The maximum atomic E-state index is 13.6. The first kappa shape index (κ1) is 22.2. The third-order valence-electron chi connectivity index (χ3n) is 4.20. The second kappa shape index (κ2) is 10.0. The molecule has 2 aromatic carbocycles. The molecule has 0 saturated carbocycles. The van der Waals surface area contributed by atoms with E-state index in [2.05, 4.69) is 20.8 Å². The molecule has 31 heavy (non-hydrogen) atoms. The van der Waals surface area contributed by atoms with Crippen LogP contribution in [0.4, 0.5) is 14.5 Å². The van der Waals surface area contributed by atoms with Crippen LogP contribution in [0, 0.1) is 11.6 Å². The number of thioether (sulfide) groups is 1. The van der Waals surface area contributed by atoms with Crippen molar-refractivity contribution in [2.45, 2.75) is 11.7 Å². The van der Waals surface area contributed by atoms with E-state index in [-0.39, 0.29) is 23.9 Å². The zero-order valence-electron chi connectivity index (χ0n) is 16.7. The van der Waals surface area contributed by atoms with Gasteiger partial charge in [0, 0.05) is 18.7 Å². The molecular weight excluding hydrogens is 428 g/mol. The summed E-state index contributed by atoms with van der Waals surface area (Å²) in [5.74, 6) is -1.24. The number of hydrogen-bond donors (Lipinski definition) is 2. The maximum Gasteiger partial charge on any atom is 0.251 e. The number of carbonyl (C=O) groups excluding carboxylic acids is 2. The normalized spacial score (nSPS) is 10.6. The van der Waals surface area contributed by atoms with Crippen LogP contribution in [0.15, 0.2) is 47.6 Å². The van der Waals surface area contributed by atoms with Crippen molar-refractivity contribution >= 4 is 29.3 Å². The molecule has 0 aliphatic heterocycles. The Bertz CT molecular complexity index is 1110. The minimum absolute atomic E-state index is 0.0852. The van der Waals surface area contributed by atoms with E-state index in [1.54, 1.807) is 35.9 Å². The van der Waals surface area contributed by atoms with Gasteiger partial charge < -0.3 is 19.9 Å². The fourth-order valence-corrected chi connectivity index (χ4v) is 3.29. The highest BCUT2D eigenvalue weighted by Gasteiger charge is 2.14. The Balaban J connectivity index is 1.54. The molecule has 2 N–H and O–H groups in total. The largest absolute Gasteiger partial charge is 0.497 e. The van der Waals surface area contributed by atoms with Crippen LogP contribution >= 0.6 is 11.8 Å². The first-order chi connectivity index (χ1) is 14.9. The van der Waals surface area contributed by atoms with Gasteiger partial charge in [-0.1, -0.05) is 17.8 Å². The van der Waals surface area contributed by atoms with Crippen LogP contribution in [0.2, 0.25) is 0 Å². The van der Waals surface area contributed by atoms with Gasteiger partial charge in [0.25, 0.3) is 5.91 Å². The summed E-state index contributed by atoms with van der Waals surface area (Å²) in [4.78, 5) is 24.4. The average Bonchev–Trinajstić information content (AvgIpc) is 3.12. The van der Waals surface area contributed by atoms with Gasteiger partial charge in [-0.25, -0.2) is 8.78 Å². The molecule has 0 saturated heterocycles. The monoisotopic (exact) mass is 447 g/mol. The molecule has 8 nitrogen and oxygen atoms in total. The van der Waals surface area contributed by atoms with E-state index in [1.807, 2.05) is 0 Å². The molecule has 1 aromatic heterocycles. The van der Waals surface area contributed by atoms with Gasteiger partial charge >= 0.3 is 0 Å². The number of nitrogens with one attached hydrogen (secondary N) is 2. The molecule has 0 radical (unpaired) electrons. The van der Waals surface area contributed by atoms with Gasteiger partial charge in [0.15, 0.2) is 11.0 Å². The minimum atomic E-state index is -0.729. The van der Waals surface area contributed by atoms with Crippen molar-refractivity contribution in [3.8, 4) is 5.75 Å². The van der Waals surface area contributed by atoms with Gasteiger partial charge in [0.1, 0.15) is 17.4 Å². The highest BCUT2D eigenvalue weighted by Crippen LogP contribution is 2.19. The third kappa shape index (κ3) is 5.79. The minimum Gasteiger partial charge on any atom is -0.497 e. The number of carbonyl (C=O) groups is 2. The summed E-state index contributed by atoms with van der Waals surface area (Å²) in [7, 11) is 3.21. The Morgan fingerprint density at radius 2 is 1.97 bits per heavy atom. The summed E-state index contributed by atoms with van der Waals surface area (Å²) in [6.07, 6.45) is 0. The maximum absolute atomic E-state index is 13.6. The number of amides is 2. The third-order valence-corrected chi connectivity index (χ3v) is 5.22. The predicted octanol–water partition coefficient (Wildman–Crippen LogP) is 2.76. The summed E-state index contributed by atoms with van der Waals surface area (Å²) < 4.78 is 33.6. The molecule has 1 heterocycles.